The van der Waals surface area contributed by atoms with E-state index in [1.54, 1.807) is 11.0 Å². The Hall–Kier alpha value is -2.62. The maximum Gasteiger partial charge on any atom is 0.264 e. The first kappa shape index (κ1) is 21.2. The lowest BCUT2D eigenvalue weighted by Gasteiger charge is -2.37. The molecule has 0 radical (unpaired) electrons. The van der Waals surface area contributed by atoms with Crippen LogP contribution in [0.4, 0.5) is 5.69 Å². The zero-order valence-corrected chi connectivity index (χ0v) is 18.8. The summed E-state index contributed by atoms with van der Waals surface area (Å²) in [5.41, 5.74) is 1.93. The van der Waals surface area contributed by atoms with E-state index >= 15 is 0 Å². The van der Waals surface area contributed by atoms with Gasteiger partial charge in [-0.15, -0.1) is 0 Å². The summed E-state index contributed by atoms with van der Waals surface area (Å²) < 4.78 is 45.2. The van der Waals surface area contributed by atoms with Gasteiger partial charge in [0.1, 0.15) is 5.75 Å². The number of ether oxygens (including phenoxy) is 3. The molecular weight excluding hydrogens is 432 g/mol. The van der Waals surface area contributed by atoms with Crippen LogP contribution in [0.5, 0.6) is 5.75 Å². The zero-order chi connectivity index (χ0) is 22.3. The fourth-order valence-electron chi connectivity index (χ4n) is 4.71. The highest BCUT2D eigenvalue weighted by molar-refractivity contribution is 7.92. The molecule has 0 atom stereocenters. The third kappa shape index (κ3) is 3.54. The number of fused-ring (bicyclic) bond motifs is 1. The van der Waals surface area contributed by atoms with Crippen molar-refractivity contribution in [1.29, 1.82) is 0 Å². The number of piperidine rings is 1. The number of anilines is 1. The first-order chi connectivity index (χ1) is 15.4. The summed E-state index contributed by atoms with van der Waals surface area (Å²) >= 11 is 0. The topological polar surface area (TPSA) is 85.4 Å². The molecule has 0 unspecified atom stereocenters. The van der Waals surface area contributed by atoms with E-state index in [-0.39, 0.29) is 16.4 Å². The lowest BCUT2D eigenvalue weighted by molar-refractivity contribution is -0.181. The molecule has 3 heterocycles. The summed E-state index contributed by atoms with van der Waals surface area (Å²) in [6.07, 6.45) is 1.84. The van der Waals surface area contributed by atoms with Crippen molar-refractivity contribution in [3.05, 3.63) is 53.6 Å². The quantitative estimate of drug-likeness (QED) is 0.700. The van der Waals surface area contributed by atoms with Crippen molar-refractivity contribution in [2.24, 2.45) is 0 Å². The predicted octanol–water partition coefficient (Wildman–Crippen LogP) is 2.43. The Bertz CT molecular complexity index is 1130. The minimum absolute atomic E-state index is 0.0780. The van der Waals surface area contributed by atoms with Gasteiger partial charge in [0.05, 0.1) is 36.5 Å². The molecule has 0 N–H and O–H groups in total. The van der Waals surface area contributed by atoms with Gasteiger partial charge in [0.15, 0.2) is 5.79 Å². The Labute approximate surface area is 187 Å². The van der Waals surface area contributed by atoms with Crippen LogP contribution in [-0.4, -0.2) is 65.0 Å². The Morgan fingerprint density at radius 2 is 1.75 bits per heavy atom. The molecule has 5 rings (SSSR count). The van der Waals surface area contributed by atoms with E-state index in [0.717, 1.165) is 5.56 Å². The molecule has 2 aromatic rings. The van der Waals surface area contributed by atoms with Gasteiger partial charge >= 0.3 is 0 Å². The van der Waals surface area contributed by atoms with Crippen LogP contribution in [0.25, 0.3) is 0 Å². The molecule has 0 aliphatic carbocycles. The molecule has 2 aromatic carbocycles. The van der Waals surface area contributed by atoms with E-state index in [0.29, 0.717) is 63.5 Å². The van der Waals surface area contributed by atoms with E-state index in [1.807, 2.05) is 24.3 Å². The normalized spacial score (nSPS) is 19.9. The number of benzene rings is 2. The minimum Gasteiger partial charge on any atom is -0.496 e. The van der Waals surface area contributed by atoms with Gasteiger partial charge in [-0.25, -0.2) is 8.42 Å². The van der Waals surface area contributed by atoms with Gasteiger partial charge in [-0.3, -0.25) is 9.10 Å². The summed E-state index contributed by atoms with van der Waals surface area (Å²) in [6, 6.07) is 12.0. The molecule has 170 valence electrons. The summed E-state index contributed by atoms with van der Waals surface area (Å²) in [4.78, 5) is 15.1. The van der Waals surface area contributed by atoms with Gasteiger partial charge in [-0.05, 0) is 36.2 Å². The molecule has 1 spiro atoms. The Morgan fingerprint density at radius 3 is 2.47 bits per heavy atom. The number of rotatable bonds is 4. The summed E-state index contributed by atoms with van der Waals surface area (Å²) in [5, 5.41) is 0. The van der Waals surface area contributed by atoms with Crippen LogP contribution in [0, 0.1) is 0 Å². The number of nitrogens with zero attached hydrogens (tertiary/aromatic N) is 2. The largest absolute Gasteiger partial charge is 0.496 e. The van der Waals surface area contributed by atoms with E-state index in [9.17, 15) is 13.2 Å². The highest BCUT2D eigenvalue weighted by Gasteiger charge is 2.41. The molecule has 3 aliphatic heterocycles. The number of carbonyl (C=O) groups is 1. The van der Waals surface area contributed by atoms with E-state index in [1.165, 1.54) is 23.5 Å². The number of amides is 1. The van der Waals surface area contributed by atoms with Gasteiger partial charge in [-0.2, -0.15) is 0 Å². The SMILES string of the molecule is COc1ccc(S(=O)(=O)N2CCc3ccccc32)cc1C(=O)N1CCC2(CC1)OCCO2. The number of likely N-dealkylation sites (tertiary alicyclic amines) is 1. The third-order valence-corrected chi connectivity index (χ3v) is 8.27. The molecule has 1 amide bonds. The fourth-order valence-corrected chi connectivity index (χ4v) is 6.24. The smallest absolute Gasteiger partial charge is 0.264 e. The first-order valence-electron chi connectivity index (χ1n) is 10.8. The predicted molar refractivity (Wildman–Crippen MR) is 117 cm³/mol. The van der Waals surface area contributed by atoms with E-state index in [4.69, 9.17) is 14.2 Å². The molecule has 0 saturated carbocycles. The number of carbonyl (C=O) groups excluding carboxylic acids is 1. The monoisotopic (exact) mass is 458 g/mol. The molecule has 9 heteroatoms. The van der Waals surface area contributed by atoms with Crippen LogP contribution in [0.2, 0.25) is 0 Å². The van der Waals surface area contributed by atoms with E-state index in [2.05, 4.69) is 0 Å². The number of hydrogen-bond donors (Lipinski definition) is 0. The molecule has 3 aliphatic rings. The zero-order valence-electron chi connectivity index (χ0n) is 18.0. The van der Waals surface area contributed by atoms with Crippen LogP contribution < -0.4 is 9.04 Å². The number of para-hydroxylation sites is 1. The molecule has 2 fully saturated rings. The second-order valence-corrected chi connectivity index (χ2v) is 10.1. The molecule has 0 aromatic heterocycles. The van der Waals surface area contributed by atoms with Crippen molar-refractivity contribution in [3.8, 4) is 5.75 Å². The van der Waals surface area contributed by atoms with Crippen molar-refractivity contribution in [2.75, 3.05) is 44.3 Å². The van der Waals surface area contributed by atoms with Gasteiger partial charge in [0, 0.05) is 32.5 Å². The van der Waals surface area contributed by atoms with Gasteiger partial charge < -0.3 is 19.1 Å². The van der Waals surface area contributed by atoms with Crippen LogP contribution in [0.15, 0.2) is 47.4 Å². The molecule has 8 nitrogen and oxygen atoms in total. The molecule has 32 heavy (non-hydrogen) atoms. The van der Waals surface area contributed by atoms with Crippen molar-refractivity contribution >= 4 is 21.6 Å². The summed E-state index contributed by atoms with van der Waals surface area (Å²) in [5.74, 6) is -0.493. The van der Waals surface area contributed by atoms with Gasteiger partial charge in [0.25, 0.3) is 15.9 Å². The van der Waals surface area contributed by atoms with Crippen molar-refractivity contribution in [3.63, 3.8) is 0 Å². The van der Waals surface area contributed by atoms with Crippen LogP contribution in [0.1, 0.15) is 28.8 Å². The first-order valence-corrected chi connectivity index (χ1v) is 12.2. The Kier molecular flexibility index (Phi) is 5.35. The highest BCUT2D eigenvalue weighted by Crippen LogP contribution is 2.35. The van der Waals surface area contributed by atoms with E-state index < -0.39 is 15.8 Å². The second-order valence-electron chi connectivity index (χ2n) is 8.22. The van der Waals surface area contributed by atoms with Crippen LogP contribution >= 0.6 is 0 Å². The Morgan fingerprint density at radius 1 is 1.03 bits per heavy atom. The average molecular weight is 459 g/mol. The lowest BCUT2D eigenvalue weighted by atomic mass is 10.0. The molecular formula is C23H26N2O6S. The number of hydrogen-bond acceptors (Lipinski definition) is 6. The third-order valence-electron chi connectivity index (χ3n) is 6.46. The maximum atomic E-state index is 13.4. The van der Waals surface area contributed by atoms with Crippen molar-refractivity contribution < 1.29 is 27.4 Å². The van der Waals surface area contributed by atoms with Gasteiger partial charge in [-0.1, -0.05) is 18.2 Å². The summed E-state index contributed by atoms with van der Waals surface area (Å²) in [7, 11) is -2.34. The average Bonchev–Trinajstić information content (AvgIpc) is 3.46. The lowest BCUT2D eigenvalue weighted by Crippen LogP contribution is -2.47. The molecule has 2 saturated heterocycles. The number of sulfonamides is 1. The Balaban J connectivity index is 1.42. The number of methoxy groups -OCH3 is 1. The molecule has 0 bridgehead atoms. The summed E-state index contributed by atoms with van der Waals surface area (Å²) in [6.45, 7) is 2.46. The van der Waals surface area contributed by atoms with Crippen LogP contribution in [0.3, 0.4) is 0 Å². The van der Waals surface area contributed by atoms with Crippen LogP contribution in [-0.2, 0) is 25.9 Å². The van der Waals surface area contributed by atoms with Crippen molar-refractivity contribution in [1.82, 2.24) is 4.90 Å². The van der Waals surface area contributed by atoms with Gasteiger partial charge in [0.2, 0.25) is 0 Å². The standard InChI is InChI=1S/C23H26N2O6S/c1-29-21-7-6-18(32(27,28)25-11-8-17-4-2-3-5-20(17)25)16-19(21)22(26)24-12-9-23(10-13-24)30-14-15-31-23/h2-7,16H,8-15H2,1H3. The highest BCUT2D eigenvalue weighted by atomic mass is 32.2. The van der Waals surface area contributed by atoms with Crippen molar-refractivity contribution in [2.45, 2.75) is 29.9 Å². The second kappa shape index (κ2) is 8.06. The minimum atomic E-state index is -3.82. The maximum absolute atomic E-state index is 13.4. The fraction of sp³-hybridized carbons (Fsp3) is 0.435.